The fourth-order valence-electron chi connectivity index (χ4n) is 5.10. The van der Waals surface area contributed by atoms with Gasteiger partial charge in [0, 0.05) is 25.1 Å². The van der Waals surface area contributed by atoms with Gasteiger partial charge in [-0.2, -0.15) is 35.5 Å². The Morgan fingerprint density at radius 2 is 1.86 bits per heavy atom. The number of aliphatic hydroxyl groups is 1. The van der Waals surface area contributed by atoms with Gasteiger partial charge in [0.15, 0.2) is 5.69 Å². The van der Waals surface area contributed by atoms with Crippen LogP contribution >= 0.6 is 11.6 Å². The molecule has 0 radical (unpaired) electrons. The number of nitrogens with one attached hydrogen (secondary N) is 1. The summed E-state index contributed by atoms with van der Waals surface area (Å²) in [6.45, 7) is 3.77. The lowest BCUT2D eigenvalue weighted by molar-refractivity contribution is -0.154. The molecule has 1 saturated carbocycles. The molecule has 0 atom stereocenters. The van der Waals surface area contributed by atoms with Crippen molar-refractivity contribution in [3.05, 3.63) is 34.5 Å². The van der Waals surface area contributed by atoms with Crippen LogP contribution in [0.5, 0.6) is 5.75 Å². The van der Waals surface area contributed by atoms with Gasteiger partial charge in [0.1, 0.15) is 5.75 Å². The molecule has 42 heavy (non-hydrogen) atoms. The van der Waals surface area contributed by atoms with E-state index >= 15 is 0 Å². The highest BCUT2D eigenvalue weighted by atomic mass is 35.5. The Morgan fingerprint density at radius 3 is 2.38 bits per heavy atom. The summed E-state index contributed by atoms with van der Waals surface area (Å²) in [6, 6.07) is 4.22. The second kappa shape index (κ2) is 14.7. The van der Waals surface area contributed by atoms with Crippen molar-refractivity contribution < 1.29 is 45.0 Å². The minimum Gasteiger partial charge on any atom is -0.434 e. The number of hydrogen-bond acceptors (Lipinski definition) is 6. The van der Waals surface area contributed by atoms with Crippen molar-refractivity contribution in [1.82, 2.24) is 15.1 Å². The van der Waals surface area contributed by atoms with Crippen LogP contribution in [0.3, 0.4) is 0 Å². The number of aromatic nitrogens is 2. The number of alkyl halides is 5. The van der Waals surface area contributed by atoms with Crippen molar-refractivity contribution in [2.75, 3.05) is 6.54 Å². The quantitative estimate of drug-likeness (QED) is 0.292. The fraction of sp³-hybridized carbons (Fsp3) is 0.630. The normalized spacial score (nSPS) is 19.2. The Labute approximate surface area is 249 Å². The van der Waals surface area contributed by atoms with E-state index in [1.165, 1.54) is 36.7 Å². The number of benzene rings is 1. The molecular weight excluding hydrogens is 609 g/mol. The van der Waals surface area contributed by atoms with Crippen molar-refractivity contribution in [2.45, 2.75) is 91.2 Å². The van der Waals surface area contributed by atoms with Crippen molar-refractivity contribution >= 4 is 29.1 Å². The van der Waals surface area contributed by atoms with Crippen LogP contribution in [0, 0.1) is 11.3 Å². The summed E-state index contributed by atoms with van der Waals surface area (Å²) >= 11 is 5.82. The van der Waals surface area contributed by atoms with E-state index < -0.39 is 47.7 Å². The standard InChI is InChI=1S/C27H35ClF5N3O3.O2S/c1-5-36-22(20(28)21(35-36)23(37)34-15-26(38)10-8-16(2)9-11-26)18-7-6-17(12-19(18)39-24(29)30)13-25(3,4)14-27(31,32)33;1-3-2/h6-7,12,16,24,38H,5,8-11,13-15H2,1-4H3,(H,34,37);. The first-order valence-electron chi connectivity index (χ1n) is 13.3. The van der Waals surface area contributed by atoms with E-state index in [0.717, 1.165) is 12.8 Å². The molecule has 0 bridgehead atoms. The van der Waals surface area contributed by atoms with Gasteiger partial charge in [-0.3, -0.25) is 9.48 Å². The van der Waals surface area contributed by atoms with E-state index in [1.807, 2.05) is 0 Å². The van der Waals surface area contributed by atoms with Crippen LogP contribution in [0.2, 0.25) is 5.02 Å². The number of halogens is 6. The third-order valence-corrected chi connectivity index (χ3v) is 7.43. The van der Waals surface area contributed by atoms with Gasteiger partial charge in [0.25, 0.3) is 5.91 Å². The number of ether oxygens (including phenoxy) is 1. The van der Waals surface area contributed by atoms with Crippen LogP contribution in [0.25, 0.3) is 11.3 Å². The second-order valence-electron chi connectivity index (χ2n) is 11.3. The van der Waals surface area contributed by atoms with Gasteiger partial charge >= 0.3 is 24.4 Å². The molecule has 0 unspecified atom stereocenters. The molecule has 1 aromatic heterocycles. The predicted molar refractivity (Wildman–Crippen MR) is 147 cm³/mol. The average molecular weight is 644 g/mol. The van der Waals surface area contributed by atoms with Gasteiger partial charge < -0.3 is 15.2 Å². The first-order chi connectivity index (χ1) is 19.4. The molecule has 15 heteroatoms. The minimum atomic E-state index is -4.38. The average Bonchev–Trinajstić information content (AvgIpc) is 3.19. The molecule has 3 rings (SSSR count). The summed E-state index contributed by atoms with van der Waals surface area (Å²) in [5, 5.41) is 17.7. The Morgan fingerprint density at radius 1 is 1.26 bits per heavy atom. The van der Waals surface area contributed by atoms with Crippen LogP contribution in [0.1, 0.15) is 75.9 Å². The fourth-order valence-corrected chi connectivity index (χ4v) is 5.42. The van der Waals surface area contributed by atoms with E-state index in [0.29, 0.717) is 24.3 Å². The molecule has 0 spiro atoms. The highest BCUT2D eigenvalue weighted by molar-refractivity contribution is 7.51. The molecular formula is C27H35ClF5N3O5S. The van der Waals surface area contributed by atoms with Crippen LogP contribution in [-0.4, -0.2) is 54.1 Å². The van der Waals surface area contributed by atoms with Crippen LogP contribution in [0.15, 0.2) is 18.2 Å². The van der Waals surface area contributed by atoms with Gasteiger partial charge in [-0.1, -0.05) is 38.4 Å². The molecule has 1 fully saturated rings. The van der Waals surface area contributed by atoms with Crippen LogP contribution in [-0.2, 0) is 24.5 Å². The van der Waals surface area contributed by atoms with Crippen molar-refractivity contribution in [2.24, 2.45) is 11.3 Å². The highest BCUT2D eigenvalue weighted by Crippen LogP contribution is 2.41. The topological polar surface area (TPSA) is 111 Å². The molecule has 1 aliphatic carbocycles. The summed E-state index contributed by atoms with van der Waals surface area (Å²) in [5.41, 5.74) is -1.71. The number of carbonyl (C=O) groups excluding carboxylic acids is 1. The zero-order valence-electron chi connectivity index (χ0n) is 23.7. The number of hydrogen-bond donors (Lipinski definition) is 2. The van der Waals surface area contributed by atoms with E-state index in [2.05, 4.69) is 17.3 Å². The molecule has 0 aliphatic heterocycles. The molecule has 236 valence electrons. The van der Waals surface area contributed by atoms with E-state index in [1.54, 1.807) is 6.92 Å². The Kier molecular flexibility index (Phi) is 12.5. The summed E-state index contributed by atoms with van der Waals surface area (Å²) in [7, 11) is 0. The molecule has 0 saturated heterocycles. The number of amides is 1. The van der Waals surface area contributed by atoms with E-state index in [-0.39, 0.29) is 47.2 Å². The van der Waals surface area contributed by atoms with Crippen molar-refractivity contribution in [3.63, 3.8) is 0 Å². The van der Waals surface area contributed by atoms with Crippen LogP contribution < -0.4 is 10.1 Å². The Bertz CT molecular complexity index is 1260. The van der Waals surface area contributed by atoms with Crippen molar-refractivity contribution in [1.29, 1.82) is 0 Å². The molecule has 2 aromatic rings. The van der Waals surface area contributed by atoms with Gasteiger partial charge in [0.2, 0.25) is 0 Å². The van der Waals surface area contributed by atoms with Gasteiger partial charge in [0.05, 0.1) is 16.3 Å². The highest BCUT2D eigenvalue weighted by Gasteiger charge is 2.37. The lowest BCUT2D eigenvalue weighted by Gasteiger charge is -2.34. The Hall–Kier alpha value is -2.58. The number of aryl methyl sites for hydroxylation is 1. The van der Waals surface area contributed by atoms with Gasteiger partial charge in [-0.15, -0.1) is 0 Å². The number of nitrogens with zero attached hydrogens (tertiary/aromatic N) is 2. The lowest BCUT2D eigenvalue weighted by atomic mass is 9.79. The van der Waals surface area contributed by atoms with Gasteiger partial charge in [-0.25, -0.2) is 0 Å². The molecule has 8 nitrogen and oxygen atoms in total. The maximum atomic E-state index is 13.3. The first-order valence-corrected chi connectivity index (χ1v) is 14.3. The van der Waals surface area contributed by atoms with Gasteiger partial charge in [-0.05, 0) is 68.1 Å². The zero-order valence-corrected chi connectivity index (χ0v) is 25.3. The third-order valence-electron chi connectivity index (χ3n) is 7.07. The molecule has 1 aromatic carbocycles. The summed E-state index contributed by atoms with van der Waals surface area (Å²) in [4.78, 5) is 13.0. The minimum absolute atomic E-state index is 0.0192. The smallest absolute Gasteiger partial charge is 0.389 e. The number of carbonyl (C=O) groups is 1. The summed E-state index contributed by atoms with van der Waals surface area (Å²) in [5.74, 6) is -0.410. The largest absolute Gasteiger partial charge is 0.434 e. The zero-order chi connectivity index (χ0) is 31.9. The van der Waals surface area contributed by atoms with Crippen LogP contribution in [0.4, 0.5) is 22.0 Å². The first kappa shape index (κ1) is 35.6. The number of rotatable bonds is 10. The predicted octanol–water partition coefficient (Wildman–Crippen LogP) is 6.35. The molecule has 1 heterocycles. The second-order valence-corrected chi connectivity index (χ2v) is 11.8. The molecule has 1 aliphatic rings. The monoisotopic (exact) mass is 643 g/mol. The van der Waals surface area contributed by atoms with Crippen molar-refractivity contribution in [3.8, 4) is 17.0 Å². The Balaban J connectivity index is 0.00000197. The maximum Gasteiger partial charge on any atom is 0.389 e. The maximum absolute atomic E-state index is 13.3. The lowest BCUT2D eigenvalue weighted by Crippen LogP contribution is -2.45. The van der Waals surface area contributed by atoms with E-state index in [4.69, 9.17) is 24.8 Å². The summed E-state index contributed by atoms with van der Waals surface area (Å²) < 4.78 is 88.4. The molecule has 2 N–H and O–H groups in total. The summed E-state index contributed by atoms with van der Waals surface area (Å²) in [6.07, 6.45) is -2.67. The third kappa shape index (κ3) is 10.3. The van der Waals surface area contributed by atoms with E-state index in [9.17, 15) is 31.9 Å². The molecule has 1 amide bonds. The SMILES string of the molecule is CCn1nc(C(=O)NCC2(O)CCC(C)CC2)c(Cl)c1-c1ccc(CC(C)(C)CC(F)(F)F)cc1OC(F)F.O=S=O.